The Kier molecular flexibility index (Phi) is 4.88. The Morgan fingerprint density at radius 3 is 2.70 bits per heavy atom. The zero-order valence-electron chi connectivity index (χ0n) is 14.7. The van der Waals surface area contributed by atoms with E-state index in [0.717, 1.165) is 53.2 Å². The SMILES string of the molecule is N#Cc1ccc(-c2cccc(N3CCC(N)CC3)c2-c2cncs2)cc1F. The molecule has 1 fully saturated rings. The van der Waals surface area contributed by atoms with Gasteiger partial charge in [0.15, 0.2) is 0 Å². The first-order valence-electron chi connectivity index (χ1n) is 8.90. The maximum atomic E-state index is 14.3. The number of piperidine rings is 1. The van der Waals surface area contributed by atoms with Gasteiger partial charge in [0, 0.05) is 36.6 Å². The standard InChI is InChI=1S/C21H19FN4S/c22-18-10-14(4-5-15(18)11-23)17-2-1-3-19(21(17)20-12-25-13-27-20)26-8-6-16(24)7-9-26/h1-5,10,12-13,16H,6-9,24H2. The maximum Gasteiger partial charge on any atom is 0.141 e. The van der Waals surface area contributed by atoms with Crippen molar-refractivity contribution >= 4 is 17.0 Å². The van der Waals surface area contributed by atoms with Crippen LogP contribution in [0.5, 0.6) is 0 Å². The van der Waals surface area contributed by atoms with E-state index in [2.05, 4.69) is 16.0 Å². The van der Waals surface area contributed by atoms with E-state index in [0.29, 0.717) is 0 Å². The molecule has 4 nitrogen and oxygen atoms in total. The molecule has 136 valence electrons. The quantitative estimate of drug-likeness (QED) is 0.733. The molecule has 0 unspecified atom stereocenters. The minimum absolute atomic E-state index is 0.0549. The summed E-state index contributed by atoms with van der Waals surface area (Å²) in [6.07, 6.45) is 3.76. The number of anilines is 1. The summed E-state index contributed by atoms with van der Waals surface area (Å²) in [6.45, 7) is 1.80. The van der Waals surface area contributed by atoms with E-state index in [1.54, 1.807) is 22.9 Å². The molecule has 0 saturated carbocycles. The van der Waals surface area contributed by atoms with Crippen molar-refractivity contribution in [3.63, 3.8) is 0 Å². The third-order valence-corrected chi connectivity index (χ3v) is 5.79. The number of nitrogens with zero attached hydrogens (tertiary/aromatic N) is 3. The molecule has 6 heteroatoms. The van der Waals surface area contributed by atoms with Gasteiger partial charge in [-0.05, 0) is 42.2 Å². The molecule has 0 bridgehead atoms. The van der Waals surface area contributed by atoms with Crippen LogP contribution in [0.2, 0.25) is 0 Å². The van der Waals surface area contributed by atoms with Gasteiger partial charge < -0.3 is 10.6 Å². The smallest absolute Gasteiger partial charge is 0.141 e. The number of nitriles is 1. The summed E-state index contributed by atoms with van der Waals surface area (Å²) in [7, 11) is 0. The van der Waals surface area contributed by atoms with Crippen LogP contribution in [0.4, 0.5) is 10.1 Å². The lowest BCUT2D eigenvalue weighted by molar-refractivity contribution is 0.501. The molecule has 2 heterocycles. The number of thiazole rings is 1. The molecule has 0 aliphatic carbocycles. The molecule has 3 aromatic rings. The Bertz CT molecular complexity index is 986. The van der Waals surface area contributed by atoms with Crippen molar-refractivity contribution in [1.29, 1.82) is 5.26 Å². The highest BCUT2D eigenvalue weighted by Gasteiger charge is 2.22. The second-order valence-corrected chi connectivity index (χ2v) is 7.58. The molecule has 27 heavy (non-hydrogen) atoms. The summed E-state index contributed by atoms with van der Waals surface area (Å²) < 4.78 is 14.3. The number of rotatable bonds is 3. The van der Waals surface area contributed by atoms with E-state index in [4.69, 9.17) is 11.0 Å². The molecule has 2 aromatic carbocycles. The summed E-state index contributed by atoms with van der Waals surface area (Å²) in [5.41, 5.74) is 11.8. The third-order valence-electron chi connectivity index (χ3n) is 5.00. The van der Waals surface area contributed by atoms with Gasteiger partial charge in [0.05, 0.1) is 16.0 Å². The number of hydrogen-bond donors (Lipinski definition) is 1. The Hall–Kier alpha value is -2.75. The van der Waals surface area contributed by atoms with Crippen LogP contribution < -0.4 is 10.6 Å². The molecule has 0 spiro atoms. The Labute approximate surface area is 161 Å². The molecule has 2 N–H and O–H groups in total. The number of aromatic nitrogens is 1. The highest BCUT2D eigenvalue weighted by Crippen LogP contribution is 2.42. The number of benzene rings is 2. The van der Waals surface area contributed by atoms with Gasteiger partial charge in [-0.25, -0.2) is 4.39 Å². The maximum absolute atomic E-state index is 14.3. The van der Waals surface area contributed by atoms with Crippen molar-refractivity contribution in [3.8, 4) is 27.6 Å². The molecule has 1 aromatic heterocycles. The van der Waals surface area contributed by atoms with Crippen molar-refractivity contribution in [2.45, 2.75) is 18.9 Å². The van der Waals surface area contributed by atoms with E-state index in [-0.39, 0.29) is 11.6 Å². The highest BCUT2D eigenvalue weighted by molar-refractivity contribution is 7.13. The van der Waals surface area contributed by atoms with Crippen molar-refractivity contribution in [2.75, 3.05) is 18.0 Å². The van der Waals surface area contributed by atoms with Gasteiger partial charge in [0.2, 0.25) is 0 Å². The average Bonchev–Trinajstić information content (AvgIpc) is 3.22. The molecule has 0 atom stereocenters. The van der Waals surface area contributed by atoms with Gasteiger partial charge in [0.25, 0.3) is 0 Å². The van der Waals surface area contributed by atoms with Crippen molar-refractivity contribution in [2.24, 2.45) is 5.73 Å². The van der Waals surface area contributed by atoms with E-state index in [1.165, 1.54) is 12.1 Å². The van der Waals surface area contributed by atoms with Crippen LogP contribution in [0.25, 0.3) is 21.6 Å². The molecule has 1 saturated heterocycles. The molecule has 0 radical (unpaired) electrons. The van der Waals surface area contributed by atoms with Gasteiger partial charge in [0.1, 0.15) is 11.9 Å². The summed E-state index contributed by atoms with van der Waals surface area (Å²) in [4.78, 5) is 7.63. The van der Waals surface area contributed by atoms with E-state index in [1.807, 2.05) is 24.4 Å². The van der Waals surface area contributed by atoms with Crippen molar-refractivity contribution in [1.82, 2.24) is 4.98 Å². The first kappa shape index (κ1) is 17.7. The van der Waals surface area contributed by atoms with E-state index in [9.17, 15) is 4.39 Å². The fourth-order valence-electron chi connectivity index (χ4n) is 3.56. The molecule has 1 aliphatic rings. The molecular weight excluding hydrogens is 359 g/mol. The lowest BCUT2D eigenvalue weighted by Crippen LogP contribution is -2.39. The van der Waals surface area contributed by atoms with Gasteiger partial charge in [-0.15, -0.1) is 11.3 Å². The van der Waals surface area contributed by atoms with Crippen LogP contribution in [-0.2, 0) is 0 Å². The van der Waals surface area contributed by atoms with Gasteiger partial charge in [-0.2, -0.15) is 5.26 Å². The fraction of sp³-hybridized carbons (Fsp3) is 0.238. The minimum atomic E-state index is -0.500. The van der Waals surface area contributed by atoms with Crippen LogP contribution in [0.3, 0.4) is 0 Å². The lowest BCUT2D eigenvalue weighted by Gasteiger charge is -2.34. The van der Waals surface area contributed by atoms with Crippen LogP contribution in [0.1, 0.15) is 18.4 Å². The first-order chi connectivity index (χ1) is 13.2. The van der Waals surface area contributed by atoms with Crippen LogP contribution >= 0.6 is 11.3 Å². The van der Waals surface area contributed by atoms with Crippen molar-refractivity contribution < 1.29 is 4.39 Å². The Balaban J connectivity index is 1.86. The zero-order valence-corrected chi connectivity index (χ0v) is 15.5. The average molecular weight is 378 g/mol. The molecular formula is C21H19FN4S. The predicted molar refractivity (Wildman–Crippen MR) is 107 cm³/mol. The summed E-state index contributed by atoms with van der Waals surface area (Å²) >= 11 is 1.57. The van der Waals surface area contributed by atoms with Crippen LogP contribution in [-0.4, -0.2) is 24.1 Å². The second-order valence-electron chi connectivity index (χ2n) is 6.70. The first-order valence-corrected chi connectivity index (χ1v) is 9.78. The van der Waals surface area contributed by atoms with Crippen LogP contribution in [0, 0.1) is 17.1 Å². The summed E-state index contributed by atoms with van der Waals surface area (Å²) in [5, 5.41) is 9.01. The van der Waals surface area contributed by atoms with E-state index >= 15 is 0 Å². The van der Waals surface area contributed by atoms with Crippen molar-refractivity contribution in [3.05, 3.63) is 59.5 Å². The molecule has 0 amide bonds. The van der Waals surface area contributed by atoms with Gasteiger partial charge in [-0.3, -0.25) is 4.98 Å². The summed E-state index contributed by atoms with van der Waals surface area (Å²) in [5.74, 6) is -0.500. The summed E-state index contributed by atoms with van der Waals surface area (Å²) in [6, 6.07) is 13.0. The monoisotopic (exact) mass is 378 g/mol. The topological polar surface area (TPSA) is 65.9 Å². The highest BCUT2D eigenvalue weighted by atomic mass is 32.1. The van der Waals surface area contributed by atoms with Gasteiger partial charge >= 0.3 is 0 Å². The normalized spacial score (nSPS) is 14.9. The van der Waals surface area contributed by atoms with E-state index < -0.39 is 5.82 Å². The number of hydrogen-bond acceptors (Lipinski definition) is 5. The Morgan fingerprint density at radius 1 is 1.22 bits per heavy atom. The van der Waals surface area contributed by atoms with Crippen LogP contribution in [0.15, 0.2) is 48.1 Å². The fourth-order valence-corrected chi connectivity index (χ4v) is 4.25. The zero-order chi connectivity index (χ0) is 18.8. The molecule has 4 rings (SSSR count). The predicted octanol–water partition coefficient (Wildman–Crippen LogP) is 4.42. The molecule has 1 aliphatic heterocycles. The van der Waals surface area contributed by atoms with Gasteiger partial charge in [-0.1, -0.05) is 18.2 Å². The third kappa shape index (κ3) is 3.44. The number of nitrogens with two attached hydrogens (primary N) is 1. The number of halogens is 1. The lowest BCUT2D eigenvalue weighted by atomic mass is 9.94. The Morgan fingerprint density at radius 2 is 2.04 bits per heavy atom. The second kappa shape index (κ2) is 7.47. The minimum Gasteiger partial charge on any atom is -0.371 e. The largest absolute Gasteiger partial charge is 0.371 e.